The van der Waals surface area contributed by atoms with Crippen LogP contribution in [0, 0.1) is 83.1 Å². The summed E-state index contributed by atoms with van der Waals surface area (Å²) in [5, 5.41) is 0. The van der Waals surface area contributed by atoms with Crippen molar-refractivity contribution < 1.29 is 0 Å². The first-order chi connectivity index (χ1) is 25.4. The molecular weight excluding hydrogens is 635 g/mol. The zero-order chi connectivity index (χ0) is 39.3. The van der Waals surface area contributed by atoms with Crippen LogP contribution in [-0.4, -0.2) is 6.71 Å². The van der Waals surface area contributed by atoms with Crippen LogP contribution in [0.2, 0.25) is 0 Å². The van der Waals surface area contributed by atoms with E-state index in [0.717, 1.165) is 0 Å². The number of benzene rings is 6. The Kier molecular flexibility index (Phi) is 13.6. The van der Waals surface area contributed by atoms with Gasteiger partial charge in [0.1, 0.15) is 0 Å². The summed E-state index contributed by atoms with van der Waals surface area (Å²) in [5.41, 5.74) is 29.1. The van der Waals surface area contributed by atoms with Crippen LogP contribution >= 0.6 is 0 Å². The lowest BCUT2D eigenvalue weighted by molar-refractivity contribution is 1.25. The maximum atomic E-state index is 2.38. The van der Waals surface area contributed by atoms with Crippen LogP contribution < -0.4 is 16.4 Å². The van der Waals surface area contributed by atoms with Gasteiger partial charge in [-0.05, 0) is 150 Å². The largest absolute Gasteiger partial charge is 0.243 e. The van der Waals surface area contributed by atoms with Crippen molar-refractivity contribution >= 4 is 23.1 Å². The maximum Gasteiger partial charge on any atom is 0.243 e. The fourth-order valence-electron chi connectivity index (χ4n) is 8.87. The van der Waals surface area contributed by atoms with E-state index in [-0.39, 0.29) is 6.71 Å². The molecule has 1 heteroatoms. The van der Waals surface area contributed by atoms with Crippen LogP contribution in [0.15, 0.2) is 91.0 Å². The molecule has 53 heavy (non-hydrogen) atoms. The van der Waals surface area contributed by atoms with E-state index in [1.807, 2.05) is 27.7 Å². The SMILES string of the molecule is CC.CC.Cc1c(C)c(-c2ccccc2)c(C)c(C)c1B(c1c(C)c(C)c(-c2ccccc2)c(C)c1C)c1c(C)c(C)c(-c2ccccc2)c(C)c1C. The summed E-state index contributed by atoms with van der Waals surface area (Å²) in [4.78, 5) is 0. The van der Waals surface area contributed by atoms with E-state index in [1.165, 1.54) is 117 Å². The van der Waals surface area contributed by atoms with Crippen molar-refractivity contribution in [3.63, 3.8) is 0 Å². The Morgan fingerprint density at radius 1 is 0.245 bits per heavy atom. The minimum atomic E-state index is 0.0895. The van der Waals surface area contributed by atoms with Crippen molar-refractivity contribution in [2.24, 2.45) is 0 Å². The molecule has 6 rings (SSSR count). The van der Waals surface area contributed by atoms with Gasteiger partial charge in [-0.3, -0.25) is 0 Å². The predicted molar refractivity (Wildman–Crippen MR) is 240 cm³/mol. The average molecular weight is 699 g/mol. The van der Waals surface area contributed by atoms with Crippen LogP contribution in [-0.2, 0) is 0 Å². The molecule has 0 saturated heterocycles. The number of hydrogen-bond donors (Lipinski definition) is 0. The third kappa shape index (κ3) is 7.33. The first-order valence-electron chi connectivity index (χ1n) is 19.8. The highest BCUT2D eigenvalue weighted by Gasteiger charge is 2.35. The summed E-state index contributed by atoms with van der Waals surface area (Å²) in [7, 11) is 0. The molecule has 0 saturated carbocycles. The van der Waals surface area contributed by atoms with Gasteiger partial charge in [0.25, 0.3) is 0 Å². The summed E-state index contributed by atoms with van der Waals surface area (Å²) in [6.45, 7) is 36.4. The average Bonchev–Trinajstić information content (AvgIpc) is 3.18. The smallest absolute Gasteiger partial charge is 0.0683 e. The lowest BCUT2D eigenvalue weighted by Gasteiger charge is -2.33. The summed E-state index contributed by atoms with van der Waals surface area (Å²) in [6, 6.07) is 32.9. The van der Waals surface area contributed by atoms with E-state index < -0.39 is 0 Å². The van der Waals surface area contributed by atoms with Crippen molar-refractivity contribution in [1.82, 2.24) is 0 Å². The molecule has 0 amide bonds. The molecule has 0 atom stereocenters. The summed E-state index contributed by atoms with van der Waals surface area (Å²) >= 11 is 0. The van der Waals surface area contributed by atoms with Crippen molar-refractivity contribution in [2.75, 3.05) is 0 Å². The molecule has 0 spiro atoms. The van der Waals surface area contributed by atoms with Gasteiger partial charge in [-0.25, -0.2) is 0 Å². The molecule has 0 aliphatic heterocycles. The molecule has 0 nitrogen and oxygen atoms in total. The Balaban J connectivity index is 0.00000152. The number of hydrogen-bond acceptors (Lipinski definition) is 0. The quantitative estimate of drug-likeness (QED) is 0.152. The summed E-state index contributed by atoms with van der Waals surface area (Å²) < 4.78 is 0. The normalized spacial score (nSPS) is 10.6. The molecule has 0 N–H and O–H groups in total. The van der Waals surface area contributed by atoms with Crippen molar-refractivity contribution in [3.8, 4) is 33.4 Å². The molecule has 0 aromatic heterocycles. The van der Waals surface area contributed by atoms with Crippen LogP contribution in [0.3, 0.4) is 0 Å². The van der Waals surface area contributed by atoms with E-state index in [9.17, 15) is 0 Å². The summed E-state index contributed by atoms with van der Waals surface area (Å²) in [6.07, 6.45) is 0. The molecule has 6 aromatic rings. The van der Waals surface area contributed by atoms with Gasteiger partial charge >= 0.3 is 0 Å². The minimum absolute atomic E-state index is 0.0895. The molecule has 0 aliphatic carbocycles. The van der Waals surface area contributed by atoms with Gasteiger partial charge in [-0.2, -0.15) is 0 Å². The molecule has 274 valence electrons. The van der Waals surface area contributed by atoms with E-state index >= 15 is 0 Å². The second kappa shape index (κ2) is 17.5. The van der Waals surface area contributed by atoms with Crippen LogP contribution in [0.25, 0.3) is 33.4 Å². The molecule has 0 radical (unpaired) electrons. The topological polar surface area (TPSA) is 0 Å². The second-order valence-corrected chi connectivity index (χ2v) is 14.4. The Hall–Kier alpha value is -4.62. The van der Waals surface area contributed by atoms with Gasteiger partial charge in [-0.15, -0.1) is 0 Å². The standard InChI is InChI=1S/C48H51B.2C2H6/c1-28-34(7)46(35(8)29(2)43(28)40-22-16-13-17-23-40)49(47-36(9)30(3)44(31(4)37(47)10)41-24-18-14-19-25-41)48-38(11)32(5)45(33(6)39(48)12)42-26-20-15-21-27-42;2*1-2/h13-27H,1-12H3;2*1-2H3. The molecule has 6 aromatic carbocycles. The molecule has 0 bridgehead atoms. The zero-order valence-corrected chi connectivity index (χ0v) is 35.7. The maximum absolute atomic E-state index is 2.38. The Labute approximate surface area is 323 Å². The first-order valence-corrected chi connectivity index (χ1v) is 19.8. The zero-order valence-electron chi connectivity index (χ0n) is 35.7. The van der Waals surface area contributed by atoms with Gasteiger partial charge in [0, 0.05) is 0 Å². The van der Waals surface area contributed by atoms with E-state index in [0.29, 0.717) is 0 Å². The monoisotopic (exact) mass is 699 g/mol. The van der Waals surface area contributed by atoms with E-state index in [4.69, 9.17) is 0 Å². The van der Waals surface area contributed by atoms with Gasteiger partial charge in [0.2, 0.25) is 6.71 Å². The van der Waals surface area contributed by atoms with E-state index in [2.05, 4.69) is 174 Å². The van der Waals surface area contributed by atoms with Gasteiger partial charge in [0.15, 0.2) is 0 Å². The molecule has 0 heterocycles. The highest BCUT2D eigenvalue weighted by atomic mass is 14.3. The third-order valence-corrected chi connectivity index (χ3v) is 12.1. The molecule has 0 unspecified atom stereocenters. The van der Waals surface area contributed by atoms with Crippen molar-refractivity contribution in [1.29, 1.82) is 0 Å². The van der Waals surface area contributed by atoms with Gasteiger partial charge in [-0.1, -0.05) is 168 Å². The molecule has 0 aliphatic rings. The van der Waals surface area contributed by atoms with Crippen LogP contribution in [0.1, 0.15) is 94.5 Å². The summed E-state index contributed by atoms with van der Waals surface area (Å²) in [5.74, 6) is 0. The fourth-order valence-corrected chi connectivity index (χ4v) is 8.87. The van der Waals surface area contributed by atoms with Crippen LogP contribution in [0.4, 0.5) is 0 Å². The Bertz CT molecular complexity index is 1860. The van der Waals surface area contributed by atoms with Crippen molar-refractivity contribution in [2.45, 2.75) is 111 Å². The highest BCUT2D eigenvalue weighted by molar-refractivity contribution is 6.97. The van der Waals surface area contributed by atoms with Crippen molar-refractivity contribution in [3.05, 3.63) is 158 Å². The second-order valence-electron chi connectivity index (χ2n) is 14.4. The number of rotatable bonds is 6. The van der Waals surface area contributed by atoms with Gasteiger partial charge in [0.05, 0.1) is 0 Å². The lowest BCUT2D eigenvalue weighted by atomic mass is 9.32. The first kappa shape index (κ1) is 41.1. The third-order valence-electron chi connectivity index (χ3n) is 12.1. The Morgan fingerprint density at radius 2 is 0.415 bits per heavy atom. The minimum Gasteiger partial charge on any atom is -0.0683 e. The predicted octanol–water partition coefficient (Wildman–Crippen LogP) is 13.0. The fraction of sp³-hybridized carbons (Fsp3) is 0.308. The van der Waals surface area contributed by atoms with Gasteiger partial charge < -0.3 is 0 Å². The Morgan fingerprint density at radius 3 is 0.585 bits per heavy atom. The molecule has 0 fully saturated rings. The highest BCUT2D eigenvalue weighted by Crippen LogP contribution is 2.36. The lowest BCUT2D eigenvalue weighted by Crippen LogP contribution is -2.58. The van der Waals surface area contributed by atoms with E-state index in [1.54, 1.807) is 0 Å². The van der Waals surface area contributed by atoms with Crippen LogP contribution in [0.5, 0.6) is 0 Å². The molecular formula is C52H63B.